The van der Waals surface area contributed by atoms with Gasteiger partial charge in [0.1, 0.15) is 0 Å². The predicted octanol–water partition coefficient (Wildman–Crippen LogP) is 3.20. The molecule has 0 aliphatic carbocycles. The van der Waals surface area contributed by atoms with Crippen LogP contribution in [0.1, 0.15) is 38.5 Å². The van der Waals surface area contributed by atoms with E-state index in [9.17, 15) is 0 Å². The Morgan fingerprint density at radius 2 is 2.18 bits per heavy atom. The van der Waals surface area contributed by atoms with Gasteiger partial charge in [-0.3, -0.25) is 4.99 Å². The molecule has 0 aromatic carbocycles. The maximum Gasteiger partial charge on any atom is 0.193 e. The fraction of sp³-hybridized carbons (Fsp3) is 0.824. The Morgan fingerprint density at radius 1 is 1.41 bits per heavy atom. The Labute approximate surface area is 154 Å². The molecular weight excluding hydrogens is 387 g/mol. The fourth-order valence-corrected chi connectivity index (χ4v) is 2.98. The Bertz CT molecular complexity index is 320. The van der Waals surface area contributed by atoms with Crippen LogP contribution in [0.25, 0.3) is 0 Å². The van der Waals surface area contributed by atoms with Gasteiger partial charge in [-0.2, -0.15) is 0 Å². The largest absolute Gasteiger partial charge is 0.356 e. The summed E-state index contributed by atoms with van der Waals surface area (Å²) in [4.78, 5) is 9.09. The van der Waals surface area contributed by atoms with Crippen molar-refractivity contribution in [3.63, 3.8) is 0 Å². The molecule has 0 aromatic rings. The highest BCUT2D eigenvalue weighted by molar-refractivity contribution is 14.0. The van der Waals surface area contributed by atoms with Crippen LogP contribution >= 0.6 is 24.0 Å². The fourth-order valence-electron chi connectivity index (χ4n) is 2.98. The van der Waals surface area contributed by atoms with E-state index in [-0.39, 0.29) is 24.0 Å². The summed E-state index contributed by atoms with van der Waals surface area (Å²) >= 11 is 0. The zero-order chi connectivity index (χ0) is 15.5. The molecule has 1 N–H and O–H groups in total. The summed E-state index contributed by atoms with van der Waals surface area (Å²) in [6.45, 7) is 8.33. The smallest absolute Gasteiger partial charge is 0.193 e. The normalized spacial score (nSPS) is 19.4. The molecule has 1 rings (SSSR count). The van der Waals surface area contributed by atoms with Crippen molar-refractivity contribution in [3.8, 4) is 0 Å². The summed E-state index contributed by atoms with van der Waals surface area (Å²) in [5, 5.41) is 3.54. The van der Waals surface area contributed by atoms with Crippen LogP contribution in [0, 0.1) is 5.92 Å². The maximum atomic E-state index is 4.41. The van der Waals surface area contributed by atoms with Gasteiger partial charge in [-0.1, -0.05) is 12.5 Å². The minimum atomic E-state index is 0. The number of aliphatic imine (C=N–C) groups is 1. The van der Waals surface area contributed by atoms with Crippen molar-refractivity contribution in [2.75, 3.05) is 47.3 Å². The molecular formula is C17H35IN4. The highest BCUT2D eigenvalue weighted by Gasteiger charge is 2.17. The lowest BCUT2D eigenvalue weighted by molar-refractivity contribution is 0.209. The number of nitrogens with zero attached hydrogens (tertiary/aromatic N) is 3. The summed E-state index contributed by atoms with van der Waals surface area (Å²) in [6.07, 6.45) is 9.52. The Morgan fingerprint density at radius 3 is 2.82 bits per heavy atom. The van der Waals surface area contributed by atoms with Gasteiger partial charge in [-0.25, -0.2) is 0 Å². The minimum absolute atomic E-state index is 0. The Hall–Kier alpha value is -0.300. The zero-order valence-corrected chi connectivity index (χ0v) is 17.0. The van der Waals surface area contributed by atoms with Gasteiger partial charge in [-0.15, -0.1) is 30.6 Å². The number of hydrogen-bond acceptors (Lipinski definition) is 2. The number of allylic oxidation sites excluding steroid dienone is 1. The number of rotatable bonds is 8. The van der Waals surface area contributed by atoms with E-state index in [1.165, 1.54) is 45.2 Å². The molecule has 1 heterocycles. The lowest BCUT2D eigenvalue weighted by atomic mass is 9.98. The van der Waals surface area contributed by atoms with Gasteiger partial charge in [0, 0.05) is 33.7 Å². The van der Waals surface area contributed by atoms with Crippen LogP contribution in [0.5, 0.6) is 0 Å². The van der Waals surface area contributed by atoms with Crippen LogP contribution < -0.4 is 5.32 Å². The summed E-state index contributed by atoms with van der Waals surface area (Å²) in [5.74, 6) is 1.79. The highest BCUT2D eigenvalue weighted by atomic mass is 127. The third-order valence-electron chi connectivity index (χ3n) is 4.25. The van der Waals surface area contributed by atoms with E-state index in [1.54, 1.807) is 0 Å². The molecule has 1 aliphatic heterocycles. The van der Waals surface area contributed by atoms with Gasteiger partial charge in [0.25, 0.3) is 0 Å². The van der Waals surface area contributed by atoms with Crippen LogP contribution in [0.4, 0.5) is 0 Å². The molecule has 130 valence electrons. The number of piperidine rings is 1. The van der Waals surface area contributed by atoms with Gasteiger partial charge in [0.15, 0.2) is 5.96 Å². The van der Waals surface area contributed by atoms with Crippen LogP contribution in [0.3, 0.4) is 0 Å². The van der Waals surface area contributed by atoms with Gasteiger partial charge >= 0.3 is 0 Å². The van der Waals surface area contributed by atoms with Crippen molar-refractivity contribution in [1.29, 1.82) is 0 Å². The first-order chi connectivity index (χ1) is 10.2. The number of likely N-dealkylation sites (tertiary alicyclic amines) is 1. The van der Waals surface area contributed by atoms with Crippen LogP contribution in [0.15, 0.2) is 17.6 Å². The predicted molar refractivity (Wildman–Crippen MR) is 108 cm³/mol. The van der Waals surface area contributed by atoms with Crippen LogP contribution in [0.2, 0.25) is 0 Å². The monoisotopic (exact) mass is 422 g/mol. The van der Waals surface area contributed by atoms with Gasteiger partial charge < -0.3 is 15.1 Å². The molecule has 22 heavy (non-hydrogen) atoms. The third-order valence-corrected chi connectivity index (χ3v) is 4.25. The zero-order valence-electron chi connectivity index (χ0n) is 14.7. The summed E-state index contributed by atoms with van der Waals surface area (Å²) in [5.41, 5.74) is 0. The standard InChI is InChI=1S/C17H34N4.HI/c1-5-6-7-8-9-13-21(4)17(18-2)19-14-16-11-10-12-20(3)15-16;/h5,16H,1,6-15H2,2-4H3,(H,18,19);1H. The SMILES string of the molecule is C=CCCCCCN(C)C(=NC)NCC1CCCN(C)C1.I. The highest BCUT2D eigenvalue weighted by Crippen LogP contribution is 2.13. The molecule has 1 fully saturated rings. The minimum Gasteiger partial charge on any atom is -0.356 e. The summed E-state index contributed by atoms with van der Waals surface area (Å²) in [6, 6.07) is 0. The van der Waals surface area contributed by atoms with Crippen molar-refractivity contribution in [2.45, 2.75) is 38.5 Å². The molecule has 1 aliphatic rings. The molecule has 4 nitrogen and oxygen atoms in total. The van der Waals surface area contributed by atoms with E-state index in [2.05, 4.69) is 40.8 Å². The quantitative estimate of drug-likeness (QED) is 0.214. The van der Waals surface area contributed by atoms with Crippen molar-refractivity contribution in [3.05, 3.63) is 12.7 Å². The van der Waals surface area contributed by atoms with Gasteiger partial charge in [-0.05, 0) is 51.6 Å². The molecule has 1 saturated heterocycles. The molecule has 0 saturated carbocycles. The number of nitrogens with one attached hydrogen (secondary N) is 1. The molecule has 0 radical (unpaired) electrons. The lowest BCUT2D eigenvalue weighted by Crippen LogP contribution is -2.44. The first-order valence-electron chi connectivity index (χ1n) is 8.38. The molecule has 0 bridgehead atoms. The molecule has 0 amide bonds. The van der Waals surface area contributed by atoms with Crippen LogP contribution in [-0.4, -0.2) is 63.1 Å². The number of guanidine groups is 1. The van der Waals surface area contributed by atoms with Crippen LogP contribution in [-0.2, 0) is 0 Å². The van der Waals surface area contributed by atoms with Gasteiger partial charge in [0.2, 0.25) is 0 Å². The molecule has 1 unspecified atom stereocenters. The number of halogens is 1. The van der Waals surface area contributed by atoms with Crippen molar-refractivity contribution in [2.24, 2.45) is 10.9 Å². The van der Waals surface area contributed by atoms with E-state index >= 15 is 0 Å². The topological polar surface area (TPSA) is 30.9 Å². The van der Waals surface area contributed by atoms with E-state index in [4.69, 9.17) is 0 Å². The summed E-state index contributed by atoms with van der Waals surface area (Å²) < 4.78 is 0. The lowest BCUT2D eigenvalue weighted by Gasteiger charge is -2.31. The Kier molecular flexibility index (Phi) is 13.0. The summed E-state index contributed by atoms with van der Waals surface area (Å²) in [7, 11) is 6.23. The molecule has 1 atom stereocenters. The number of unbranched alkanes of at least 4 members (excludes halogenated alkanes) is 3. The first kappa shape index (κ1) is 21.7. The molecule has 0 spiro atoms. The maximum absolute atomic E-state index is 4.41. The number of hydrogen-bond donors (Lipinski definition) is 1. The second-order valence-corrected chi connectivity index (χ2v) is 6.26. The first-order valence-corrected chi connectivity index (χ1v) is 8.38. The van der Waals surface area contributed by atoms with Crippen molar-refractivity contribution < 1.29 is 0 Å². The Balaban J connectivity index is 0.00000441. The average molecular weight is 422 g/mol. The van der Waals surface area contributed by atoms with Crippen molar-refractivity contribution >= 4 is 29.9 Å². The second kappa shape index (κ2) is 13.2. The van der Waals surface area contributed by atoms with E-state index in [0.29, 0.717) is 0 Å². The second-order valence-electron chi connectivity index (χ2n) is 6.26. The van der Waals surface area contributed by atoms with Crippen molar-refractivity contribution in [1.82, 2.24) is 15.1 Å². The van der Waals surface area contributed by atoms with Gasteiger partial charge in [0.05, 0.1) is 0 Å². The molecule has 0 aromatic heterocycles. The van der Waals surface area contributed by atoms with E-state index in [0.717, 1.165) is 31.4 Å². The molecule has 5 heteroatoms. The third kappa shape index (κ3) is 8.98. The average Bonchev–Trinajstić information content (AvgIpc) is 2.48. The van der Waals surface area contributed by atoms with E-state index < -0.39 is 0 Å². The van der Waals surface area contributed by atoms with E-state index in [1.807, 2.05) is 13.1 Å².